The zero-order valence-electron chi connectivity index (χ0n) is 15.5. The van der Waals surface area contributed by atoms with Crippen LogP contribution in [0.2, 0.25) is 0 Å². The molecule has 4 rings (SSSR count). The molecular weight excluding hydrogens is 324 g/mol. The van der Waals surface area contributed by atoms with E-state index in [-0.39, 0.29) is 6.04 Å². The van der Waals surface area contributed by atoms with Gasteiger partial charge in [0.2, 0.25) is 0 Å². The van der Waals surface area contributed by atoms with Gasteiger partial charge in [-0.2, -0.15) is 0 Å². The van der Waals surface area contributed by atoms with Crippen molar-refractivity contribution >= 4 is 10.9 Å². The van der Waals surface area contributed by atoms with E-state index in [1.54, 1.807) is 0 Å². The number of rotatable bonds is 6. The van der Waals surface area contributed by atoms with E-state index >= 15 is 0 Å². The molecule has 2 N–H and O–H groups in total. The highest BCUT2D eigenvalue weighted by Crippen LogP contribution is 2.35. The molecule has 0 fully saturated rings. The molecule has 2 heterocycles. The average molecular weight is 350 g/mol. The predicted molar refractivity (Wildman–Crippen MR) is 105 cm³/mol. The van der Waals surface area contributed by atoms with Crippen LogP contribution in [0.5, 0.6) is 11.5 Å². The molecule has 4 heteroatoms. The van der Waals surface area contributed by atoms with E-state index in [1.165, 1.54) is 27.7 Å². The van der Waals surface area contributed by atoms with Crippen molar-refractivity contribution < 1.29 is 9.47 Å². The number of aromatic nitrogens is 1. The quantitative estimate of drug-likeness (QED) is 0.683. The summed E-state index contributed by atoms with van der Waals surface area (Å²) in [6.07, 6.45) is 2.05. The van der Waals surface area contributed by atoms with Gasteiger partial charge in [0.15, 0.2) is 0 Å². The van der Waals surface area contributed by atoms with Crippen LogP contribution >= 0.6 is 0 Å². The molecule has 1 atom stereocenters. The standard InChI is InChI=1S/C22H26N2O2/c1-3-13-26-16-7-5-15(6-8-16)21-22-18(11-12-23-21)19-14-17(25-4-2)9-10-20(19)24-22/h5-10,14,21,23-24H,3-4,11-13H2,1-2H3. The van der Waals surface area contributed by atoms with Gasteiger partial charge in [-0.25, -0.2) is 0 Å². The SMILES string of the molecule is CCCOc1ccc(C2NCCc3c2[nH]c2ccc(OCC)cc32)cc1. The minimum absolute atomic E-state index is 0.182. The van der Waals surface area contributed by atoms with E-state index in [2.05, 4.69) is 53.6 Å². The Morgan fingerprint density at radius 1 is 1.00 bits per heavy atom. The fraction of sp³-hybridized carbons (Fsp3) is 0.364. The van der Waals surface area contributed by atoms with Crippen molar-refractivity contribution in [2.24, 2.45) is 0 Å². The molecule has 1 aromatic heterocycles. The van der Waals surface area contributed by atoms with Gasteiger partial charge in [0, 0.05) is 23.1 Å². The van der Waals surface area contributed by atoms with E-state index in [1.807, 2.05) is 13.0 Å². The largest absolute Gasteiger partial charge is 0.494 e. The summed E-state index contributed by atoms with van der Waals surface area (Å²) in [5.41, 5.74) is 5.10. The van der Waals surface area contributed by atoms with Crippen molar-refractivity contribution in [2.75, 3.05) is 19.8 Å². The first-order valence-electron chi connectivity index (χ1n) is 9.53. The third-order valence-corrected chi connectivity index (χ3v) is 4.92. The topological polar surface area (TPSA) is 46.3 Å². The fourth-order valence-corrected chi connectivity index (χ4v) is 3.72. The lowest BCUT2D eigenvalue weighted by atomic mass is 9.94. The summed E-state index contributed by atoms with van der Waals surface area (Å²) in [7, 11) is 0. The van der Waals surface area contributed by atoms with Gasteiger partial charge in [-0.1, -0.05) is 19.1 Å². The maximum atomic E-state index is 5.71. The molecule has 4 nitrogen and oxygen atoms in total. The van der Waals surface area contributed by atoms with Gasteiger partial charge in [0.25, 0.3) is 0 Å². The highest BCUT2D eigenvalue weighted by Gasteiger charge is 2.25. The number of hydrogen-bond donors (Lipinski definition) is 2. The zero-order chi connectivity index (χ0) is 17.9. The molecule has 0 amide bonds. The molecule has 0 radical (unpaired) electrons. The zero-order valence-corrected chi connectivity index (χ0v) is 15.5. The first kappa shape index (κ1) is 17.0. The molecule has 2 aromatic carbocycles. The summed E-state index contributed by atoms with van der Waals surface area (Å²) >= 11 is 0. The highest BCUT2D eigenvalue weighted by molar-refractivity contribution is 5.86. The first-order chi connectivity index (χ1) is 12.8. The number of H-pyrrole nitrogens is 1. The fourth-order valence-electron chi connectivity index (χ4n) is 3.72. The van der Waals surface area contributed by atoms with Crippen molar-refractivity contribution in [2.45, 2.75) is 32.7 Å². The Kier molecular flexibility index (Phi) is 4.85. The summed E-state index contributed by atoms with van der Waals surface area (Å²) in [5, 5.41) is 4.93. The van der Waals surface area contributed by atoms with Crippen molar-refractivity contribution in [3.63, 3.8) is 0 Å². The van der Waals surface area contributed by atoms with Gasteiger partial charge in [0.1, 0.15) is 11.5 Å². The van der Waals surface area contributed by atoms with E-state index < -0.39 is 0 Å². The monoisotopic (exact) mass is 350 g/mol. The molecule has 0 spiro atoms. The van der Waals surface area contributed by atoms with Crippen LogP contribution in [0.1, 0.15) is 43.1 Å². The second-order valence-electron chi connectivity index (χ2n) is 6.71. The molecule has 0 bridgehead atoms. The van der Waals surface area contributed by atoms with Crippen molar-refractivity contribution in [3.05, 3.63) is 59.3 Å². The van der Waals surface area contributed by atoms with Crippen molar-refractivity contribution in [3.8, 4) is 11.5 Å². The van der Waals surface area contributed by atoms with Gasteiger partial charge in [0.05, 0.1) is 19.3 Å². The van der Waals surface area contributed by atoms with Crippen molar-refractivity contribution in [1.29, 1.82) is 0 Å². The lowest BCUT2D eigenvalue weighted by molar-refractivity contribution is 0.317. The number of aromatic amines is 1. The van der Waals surface area contributed by atoms with E-state index in [0.717, 1.165) is 37.5 Å². The molecule has 1 unspecified atom stereocenters. The van der Waals surface area contributed by atoms with E-state index in [4.69, 9.17) is 9.47 Å². The van der Waals surface area contributed by atoms with Crippen LogP contribution in [-0.2, 0) is 6.42 Å². The molecule has 26 heavy (non-hydrogen) atoms. The maximum absolute atomic E-state index is 5.71. The number of nitrogens with one attached hydrogen (secondary N) is 2. The Bertz CT molecular complexity index is 883. The first-order valence-corrected chi connectivity index (χ1v) is 9.53. The van der Waals surface area contributed by atoms with Crippen LogP contribution in [0.3, 0.4) is 0 Å². The van der Waals surface area contributed by atoms with Gasteiger partial charge in [-0.05, 0) is 61.2 Å². The third kappa shape index (κ3) is 3.17. The van der Waals surface area contributed by atoms with Crippen LogP contribution in [0.4, 0.5) is 0 Å². The maximum Gasteiger partial charge on any atom is 0.120 e. The van der Waals surface area contributed by atoms with E-state index in [9.17, 15) is 0 Å². The second-order valence-corrected chi connectivity index (χ2v) is 6.71. The van der Waals surface area contributed by atoms with Crippen LogP contribution in [0.25, 0.3) is 10.9 Å². The lowest BCUT2D eigenvalue weighted by Gasteiger charge is -2.25. The second kappa shape index (κ2) is 7.42. The lowest BCUT2D eigenvalue weighted by Crippen LogP contribution is -2.30. The predicted octanol–water partition coefficient (Wildman–Crippen LogP) is 4.59. The van der Waals surface area contributed by atoms with Gasteiger partial charge < -0.3 is 19.8 Å². The molecule has 1 aliphatic rings. The summed E-state index contributed by atoms with van der Waals surface area (Å²) in [4.78, 5) is 3.63. The molecular formula is C22H26N2O2. The Hall–Kier alpha value is -2.46. The normalized spacial score (nSPS) is 16.5. The molecule has 1 aliphatic heterocycles. The van der Waals surface area contributed by atoms with Crippen LogP contribution < -0.4 is 14.8 Å². The molecule has 3 aromatic rings. The van der Waals surface area contributed by atoms with Crippen LogP contribution in [0, 0.1) is 0 Å². The number of ether oxygens (including phenoxy) is 2. The van der Waals surface area contributed by atoms with Crippen LogP contribution in [-0.4, -0.2) is 24.7 Å². The smallest absolute Gasteiger partial charge is 0.120 e. The molecule has 136 valence electrons. The molecule has 0 saturated heterocycles. The summed E-state index contributed by atoms with van der Waals surface area (Å²) in [6, 6.07) is 15.0. The minimum atomic E-state index is 0.182. The Morgan fingerprint density at radius 3 is 2.58 bits per heavy atom. The number of benzene rings is 2. The van der Waals surface area contributed by atoms with Gasteiger partial charge >= 0.3 is 0 Å². The third-order valence-electron chi connectivity index (χ3n) is 4.92. The van der Waals surface area contributed by atoms with Crippen molar-refractivity contribution in [1.82, 2.24) is 10.3 Å². The molecule has 0 aliphatic carbocycles. The average Bonchev–Trinajstić information content (AvgIpc) is 3.05. The van der Waals surface area contributed by atoms with Gasteiger partial charge in [-0.3, -0.25) is 0 Å². The van der Waals surface area contributed by atoms with E-state index in [0.29, 0.717) is 6.61 Å². The summed E-state index contributed by atoms with van der Waals surface area (Å²) in [5.74, 6) is 1.87. The Balaban J connectivity index is 1.67. The summed E-state index contributed by atoms with van der Waals surface area (Å²) in [6.45, 7) is 6.56. The van der Waals surface area contributed by atoms with Gasteiger partial charge in [-0.15, -0.1) is 0 Å². The molecule has 0 saturated carbocycles. The summed E-state index contributed by atoms with van der Waals surface area (Å²) < 4.78 is 11.4. The Labute approximate surface area is 154 Å². The minimum Gasteiger partial charge on any atom is -0.494 e. The van der Waals surface area contributed by atoms with Crippen LogP contribution in [0.15, 0.2) is 42.5 Å². The number of fused-ring (bicyclic) bond motifs is 3. The number of hydrogen-bond acceptors (Lipinski definition) is 3. The highest BCUT2D eigenvalue weighted by atomic mass is 16.5. The Morgan fingerprint density at radius 2 is 1.81 bits per heavy atom.